The second kappa shape index (κ2) is 3.98. The Labute approximate surface area is 89.1 Å². The Kier molecular flexibility index (Phi) is 3.32. The third-order valence-corrected chi connectivity index (χ3v) is 5.24. The molecule has 0 amide bonds. The van der Waals surface area contributed by atoms with Crippen LogP contribution in [-0.4, -0.2) is 19.7 Å². The quantitative estimate of drug-likeness (QED) is 0.805. The van der Waals surface area contributed by atoms with E-state index in [4.69, 9.17) is 0 Å². The van der Waals surface area contributed by atoms with Gasteiger partial charge in [-0.3, -0.25) is 0 Å². The zero-order valence-corrected chi connectivity index (χ0v) is 10.4. The Bertz CT molecular complexity index is 406. The summed E-state index contributed by atoms with van der Waals surface area (Å²) in [5.74, 6) is 0.410. The minimum atomic E-state index is -3.02. The fourth-order valence-electron chi connectivity index (χ4n) is 0.939. The lowest BCUT2D eigenvalue weighted by Crippen LogP contribution is -2.06. The lowest BCUT2D eigenvalue weighted by molar-refractivity contribution is 0.592. The SMILES string of the molecule is CC(C)c1cnc(C(C)S(C)(=O)=O)s1. The molecule has 0 N–H and O–H groups in total. The van der Waals surface area contributed by atoms with E-state index >= 15 is 0 Å². The van der Waals surface area contributed by atoms with Crippen LogP contribution in [0.3, 0.4) is 0 Å². The molecule has 0 radical (unpaired) electrons. The summed E-state index contributed by atoms with van der Waals surface area (Å²) in [6.45, 7) is 5.82. The number of hydrogen-bond acceptors (Lipinski definition) is 4. The van der Waals surface area contributed by atoms with Gasteiger partial charge in [0.2, 0.25) is 0 Å². The lowest BCUT2D eigenvalue weighted by Gasteiger charge is -2.04. The Hall–Kier alpha value is -0.420. The van der Waals surface area contributed by atoms with E-state index in [1.807, 2.05) is 0 Å². The van der Waals surface area contributed by atoms with Crippen molar-refractivity contribution in [3.8, 4) is 0 Å². The summed E-state index contributed by atoms with van der Waals surface area (Å²) < 4.78 is 22.6. The Morgan fingerprint density at radius 1 is 1.36 bits per heavy atom. The maximum atomic E-state index is 11.3. The van der Waals surface area contributed by atoms with E-state index in [2.05, 4.69) is 18.8 Å². The highest BCUT2D eigenvalue weighted by Gasteiger charge is 2.21. The topological polar surface area (TPSA) is 47.0 Å². The van der Waals surface area contributed by atoms with E-state index < -0.39 is 15.1 Å². The molecule has 0 aliphatic carbocycles. The van der Waals surface area contributed by atoms with E-state index in [0.29, 0.717) is 10.9 Å². The van der Waals surface area contributed by atoms with Crippen molar-refractivity contribution in [3.63, 3.8) is 0 Å². The van der Waals surface area contributed by atoms with Crippen molar-refractivity contribution in [1.29, 1.82) is 0 Å². The second-order valence-corrected chi connectivity index (χ2v) is 7.19. The first-order valence-corrected chi connectivity index (χ1v) is 7.24. The number of rotatable bonds is 3. The molecule has 1 unspecified atom stereocenters. The van der Waals surface area contributed by atoms with Crippen molar-refractivity contribution in [1.82, 2.24) is 4.98 Å². The van der Waals surface area contributed by atoms with Crippen molar-refractivity contribution < 1.29 is 8.42 Å². The van der Waals surface area contributed by atoms with Gasteiger partial charge in [0.15, 0.2) is 9.84 Å². The lowest BCUT2D eigenvalue weighted by atomic mass is 10.2. The molecule has 5 heteroatoms. The first-order valence-electron chi connectivity index (χ1n) is 4.47. The van der Waals surface area contributed by atoms with Crippen molar-refractivity contribution >= 4 is 21.2 Å². The van der Waals surface area contributed by atoms with Gasteiger partial charge in [-0.25, -0.2) is 13.4 Å². The molecule has 0 aliphatic rings. The average Bonchev–Trinajstić information content (AvgIpc) is 2.48. The monoisotopic (exact) mass is 233 g/mol. The summed E-state index contributed by atoms with van der Waals surface area (Å²) >= 11 is 1.49. The van der Waals surface area contributed by atoms with Gasteiger partial charge in [-0.2, -0.15) is 0 Å². The second-order valence-electron chi connectivity index (χ2n) is 3.73. The summed E-state index contributed by atoms with van der Waals surface area (Å²) in [5, 5.41) is 0.205. The first kappa shape index (κ1) is 11.7. The molecule has 0 saturated carbocycles. The van der Waals surface area contributed by atoms with Gasteiger partial charge in [0.25, 0.3) is 0 Å². The molecule has 1 heterocycles. The zero-order valence-electron chi connectivity index (χ0n) is 8.81. The van der Waals surface area contributed by atoms with Gasteiger partial charge in [-0.1, -0.05) is 13.8 Å². The number of nitrogens with zero attached hydrogens (tertiary/aromatic N) is 1. The fraction of sp³-hybridized carbons (Fsp3) is 0.667. The van der Waals surface area contributed by atoms with Gasteiger partial charge >= 0.3 is 0 Å². The standard InChI is InChI=1S/C9H15NO2S2/c1-6(2)8-5-10-9(13-8)7(3)14(4,11)12/h5-7H,1-4H3. The maximum Gasteiger partial charge on any atom is 0.156 e. The van der Waals surface area contributed by atoms with E-state index in [9.17, 15) is 8.42 Å². The van der Waals surface area contributed by atoms with Gasteiger partial charge in [-0.15, -0.1) is 11.3 Å². The van der Waals surface area contributed by atoms with Crippen LogP contribution in [0.25, 0.3) is 0 Å². The summed E-state index contributed by atoms with van der Waals surface area (Å²) in [5.41, 5.74) is 0. The first-order chi connectivity index (χ1) is 6.32. The molecule has 0 spiro atoms. The van der Waals surface area contributed by atoms with Crippen LogP contribution in [0.2, 0.25) is 0 Å². The van der Waals surface area contributed by atoms with Crippen LogP contribution in [0, 0.1) is 0 Å². The molecular weight excluding hydrogens is 218 g/mol. The molecular formula is C9H15NO2S2. The van der Waals surface area contributed by atoms with Gasteiger partial charge < -0.3 is 0 Å². The molecule has 1 aromatic rings. The largest absolute Gasteiger partial charge is 0.248 e. The highest BCUT2D eigenvalue weighted by Crippen LogP contribution is 2.29. The van der Waals surface area contributed by atoms with Crippen molar-refractivity contribution in [3.05, 3.63) is 16.1 Å². The van der Waals surface area contributed by atoms with E-state index in [-0.39, 0.29) is 0 Å². The van der Waals surface area contributed by atoms with Gasteiger partial charge in [0.1, 0.15) is 10.3 Å². The third-order valence-electron chi connectivity index (χ3n) is 2.10. The molecule has 1 atom stereocenters. The van der Waals surface area contributed by atoms with E-state index in [1.54, 1.807) is 13.1 Å². The van der Waals surface area contributed by atoms with Crippen molar-refractivity contribution in [2.45, 2.75) is 31.9 Å². The predicted octanol–water partition coefficient (Wildman–Crippen LogP) is 2.37. The third kappa shape index (κ3) is 2.54. The summed E-state index contributed by atoms with van der Waals surface area (Å²) in [6, 6.07) is 0. The van der Waals surface area contributed by atoms with Crippen LogP contribution in [-0.2, 0) is 9.84 Å². The molecule has 3 nitrogen and oxygen atoms in total. The smallest absolute Gasteiger partial charge is 0.156 e. The maximum absolute atomic E-state index is 11.3. The Balaban J connectivity index is 2.98. The zero-order chi connectivity index (χ0) is 10.9. The van der Waals surface area contributed by atoms with Crippen LogP contribution >= 0.6 is 11.3 Å². The molecule has 80 valence electrons. The molecule has 1 rings (SSSR count). The van der Waals surface area contributed by atoms with Crippen LogP contribution in [0.1, 0.15) is 41.8 Å². The highest BCUT2D eigenvalue weighted by atomic mass is 32.2. The van der Waals surface area contributed by atoms with Gasteiger partial charge in [0, 0.05) is 17.3 Å². The minimum Gasteiger partial charge on any atom is -0.248 e. The summed E-state index contributed by atoms with van der Waals surface area (Å²) in [6.07, 6.45) is 3.01. The Morgan fingerprint density at radius 3 is 2.29 bits per heavy atom. The normalized spacial score (nSPS) is 14.6. The summed E-state index contributed by atoms with van der Waals surface area (Å²) in [7, 11) is -3.02. The van der Waals surface area contributed by atoms with Gasteiger partial charge in [-0.05, 0) is 12.8 Å². The van der Waals surface area contributed by atoms with Crippen molar-refractivity contribution in [2.24, 2.45) is 0 Å². The van der Waals surface area contributed by atoms with Crippen LogP contribution in [0.15, 0.2) is 6.20 Å². The molecule has 0 aliphatic heterocycles. The number of aromatic nitrogens is 1. The van der Waals surface area contributed by atoms with Crippen LogP contribution in [0.4, 0.5) is 0 Å². The van der Waals surface area contributed by atoms with Crippen LogP contribution in [0.5, 0.6) is 0 Å². The van der Waals surface area contributed by atoms with Crippen molar-refractivity contribution in [2.75, 3.05) is 6.26 Å². The molecule has 0 bridgehead atoms. The number of thiazole rings is 1. The van der Waals surface area contributed by atoms with E-state index in [1.165, 1.54) is 17.6 Å². The van der Waals surface area contributed by atoms with Crippen LogP contribution < -0.4 is 0 Å². The summed E-state index contributed by atoms with van der Waals surface area (Å²) in [4.78, 5) is 5.28. The van der Waals surface area contributed by atoms with E-state index in [0.717, 1.165) is 4.88 Å². The predicted molar refractivity (Wildman–Crippen MR) is 59.5 cm³/mol. The van der Waals surface area contributed by atoms with Gasteiger partial charge in [0.05, 0.1) is 0 Å². The molecule has 14 heavy (non-hydrogen) atoms. The minimum absolute atomic E-state index is 0.410. The highest BCUT2D eigenvalue weighted by molar-refractivity contribution is 7.91. The molecule has 0 saturated heterocycles. The fourth-order valence-corrected chi connectivity index (χ4v) is 2.89. The molecule has 0 fully saturated rings. The molecule has 1 aromatic heterocycles. The number of sulfone groups is 1. The Morgan fingerprint density at radius 2 is 1.93 bits per heavy atom. The average molecular weight is 233 g/mol. The molecule has 0 aromatic carbocycles. The number of hydrogen-bond donors (Lipinski definition) is 0.